The molecule has 1 N–H and O–H groups in total. The van der Waals surface area contributed by atoms with Crippen LogP contribution in [0.2, 0.25) is 0 Å². The molecule has 1 fully saturated rings. The van der Waals surface area contributed by atoms with Crippen LogP contribution in [0.1, 0.15) is 24.9 Å². The Balaban J connectivity index is 1.34. The highest BCUT2D eigenvalue weighted by atomic mass is 19.1. The molecule has 5 nitrogen and oxygen atoms in total. The molecule has 0 amide bonds. The molecule has 1 aromatic heterocycles. The maximum absolute atomic E-state index is 13.3. The lowest BCUT2D eigenvalue weighted by Crippen LogP contribution is -2.47. The van der Waals surface area contributed by atoms with E-state index in [0.29, 0.717) is 0 Å². The third-order valence-corrected chi connectivity index (χ3v) is 4.66. The van der Waals surface area contributed by atoms with Crippen LogP contribution in [0.5, 0.6) is 0 Å². The second kappa shape index (κ2) is 8.87. The van der Waals surface area contributed by atoms with Crippen molar-refractivity contribution in [3.63, 3.8) is 0 Å². The molecule has 134 valence electrons. The fourth-order valence-electron chi connectivity index (χ4n) is 3.14. The Kier molecular flexibility index (Phi) is 6.30. The molecule has 1 atom stereocenters. The average molecular weight is 343 g/mol. The van der Waals surface area contributed by atoms with E-state index in [4.69, 9.17) is 0 Å². The first-order valence-corrected chi connectivity index (χ1v) is 8.95. The van der Waals surface area contributed by atoms with Gasteiger partial charge in [-0.1, -0.05) is 12.1 Å². The minimum absolute atomic E-state index is 0.169. The molecular weight excluding hydrogens is 317 g/mol. The van der Waals surface area contributed by atoms with E-state index < -0.39 is 0 Å². The zero-order chi connectivity index (χ0) is 17.5. The van der Waals surface area contributed by atoms with Gasteiger partial charge in [-0.3, -0.25) is 4.90 Å². The van der Waals surface area contributed by atoms with Gasteiger partial charge in [-0.15, -0.1) is 0 Å². The van der Waals surface area contributed by atoms with Gasteiger partial charge >= 0.3 is 0 Å². The van der Waals surface area contributed by atoms with Gasteiger partial charge in [-0.05, 0) is 50.2 Å². The summed E-state index contributed by atoms with van der Waals surface area (Å²) in [5, 5.41) is 3.48. The summed E-state index contributed by atoms with van der Waals surface area (Å²) in [5.41, 5.74) is 0.997. The monoisotopic (exact) mass is 343 g/mol. The number of rotatable bonds is 7. The fraction of sp³-hybridized carbons (Fsp3) is 0.474. The average Bonchev–Trinajstić information content (AvgIpc) is 2.66. The smallest absolute Gasteiger partial charge is 0.225 e. The van der Waals surface area contributed by atoms with Gasteiger partial charge in [-0.25, -0.2) is 14.4 Å². The van der Waals surface area contributed by atoms with Crippen molar-refractivity contribution in [2.24, 2.45) is 0 Å². The van der Waals surface area contributed by atoms with E-state index in [-0.39, 0.29) is 11.9 Å². The molecule has 0 radical (unpaired) electrons. The van der Waals surface area contributed by atoms with Crippen molar-refractivity contribution < 1.29 is 4.39 Å². The number of piperazine rings is 1. The van der Waals surface area contributed by atoms with Crippen molar-refractivity contribution in [3.8, 4) is 0 Å². The van der Waals surface area contributed by atoms with Gasteiger partial charge in [0, 0.05) is 44.6 Å². The van der Waals surface area contributed by atoms with E-state index in [0.717, 1.165) is 57.2 Å². The van der Waals surface area contributed by atoms with Crippen LogP contribution >= 0.6 is 0 Å². The lowest BCUT2D eigenvalue weighted by molar-refractivity contribution is 0.252. The van der Waals surface area contributed by atoms with Crippen molar-refractivity contribution in [2.45, 2.75) is 19.4 Å². The minimum Gasteiger partial charge on any atom is -0.338 e. The number of benzene rings is 1. The Labute approximate surface area is 148 Å². The molecule has 1 aliphatic rings. The number of nitrogens with one attached hydrogen (secondary N) is 1. The van der Waals surface area contributed by atoms with E-state index in [2.05, 4.69) is 32.0 Å². The maximum atomic E-state index is 13.3. The van der Waals surface area contributed by atoms with Gasteiger partial charge in [0.1, 0.15) is 5.82 Å². The van der Waals surface area contributed by atoms with Crippen molar-refractivity contribution in [2.75, 3.05) is 44.2 Å². The van der Waals surface area contributed by atoms with Gasteiger partial charge in [0.15, 0.2) is 0 Å². The number of aromatic nitrogens is 2. The van der Waals surface area contributed by atoms with Crippen molar-refractivity contribution in [3.05, 3.63) is 54.1 Å². The van der Waals surface area contributed by atoms with Crippen molar-refractivity contribution >= 4 is 5.95 Å². The summed E-state index contributed by atoms with van der Waals surface area (Å²) < 4.78 is 13.3. The zero-order valence-electron chi connectivity index (χ0n) is 14.7. The number of halogens is 1. The number of hydrogen-bond donors (Lipinski definition) is 1. The summed E-state index contributed by atoms with van der Waals surface area (Å²) in [4.78, 5) is 13.4. The Bertz CT molecular complexity index is 643. The van der Waals surface area contributed by atoms with E-state index in [9.17, 15) is 4.39 Å². The number of anilines is 1. The summed E-state index contributed by atoms with van der Waals surface area (Å²) in [5.74, 6) is 0.652. The van der Waals surface area contributed by atoms with Crippen LogP contribution in [0, 0.1) is 5.82 Å². The molecule has 6 heteroatoms. The first kappa shape index (κ1) is 17.8. The van der Waals surface area contributed by atoms with Crippen LogP contribution in [0.15, 0.2) is 42.7 Å². The normalized spacial score (nSPS) is 16.8. The van der Waals surface area contributed by atoms with E-state index in [1.54, 1.807) is 24.5 Å². The zero-order valence-corrected chi connectivity index (χ0v) is 14.7. The Hall–Kier alpha value is -2.05. The Morgan fingerprint density at radius 3 is 2.60 bits per heavy atom. The molecule has 2 aromatic rings. The lowest BCUT2D eigenvalue weighted by Gasteiger charge is -2.34. The molecule has 0 aliphatic carbocycles. The third-order valence-electron chi connectivity index (χ3n) is 4.66. The summed E-state index contributed by atoms with van der Waals surface area (Å²) in [7, 11) is 0. The molecule has 1 aromatic carbocycles. The molecule has 0 saturated carbocycles. The van der Waals surface area contributed by atoms with Gasteiger partial charge in [0.25, 0.3) is 0 Å². The maximum Gasteiger partial charge on any atom is 0.225 e. The second-order valence-corrected chi connectivity index (χ2v) is 6.46. The van der Waals surface area contributed by atoms with Crippen LogP contribution in [-0.2, 0) is 0 Å². The molecule has 3 rings (SSSR count). The molecule has 0 spiro atoms. The van der Waals surface area contributed by atoms with Crippen LogP contribution in [0.25, 0.3) is 0 Å². The van der Waals surface area contributed by atoms with E-state index in [1.807, 2.05) is 12.1 Å². The summed E-state index contributed by atoms with van der Waals surface area (Å²) in [6.45, 7) is 8.10. The minimum atomic E-state index is -0.175. The Morgan fingerprint density at radius 2 is 1.88 bits per heavy atom. The first-order chi connectivity index (χ1) is 12.2. The van der Waals surface area contributed by atoms with Crippen LogP contribution in [0.4, 0.5) is 10.3 Å². The molecule has 1 saturated heterocycles. The third kappa shape index (κ3) is 5.21. The highest BCUT2D eigenvalue weighted by Crippen LogP contribution is 2.13. The molecule has 0 unspecified atom stereocenters. The number of hydrogen-bond acceptors (Lipinski definition) is 5. The van der Waals surface area contributed by atoms with Crippen LogP contribution < -0.4 is 10.2 Å². The highest BCUT2D eigenvalue weighted by Gasteiger charge is 2.18. The second-order valence-electron chi connectivity index (χ2n) is 6.46. The van der Waals surface area contributed by atoms with Crippen LogP contribution in [0.3, 0.4) is 0 Å². The predicted octanol–water partition coefficient (Wildman–Crippen LogP) is 2.48. The van der Waals surface area contributed by atoms with Gasteiger partial charge < -0.3 is 10.2 Å². The molecule has 0 bridgehead atoms. The fourth-order valence-corrected chi connectivity index (χ4v) is 3.14. The predicted molar refractivity (Wildman–Crippen MR) is 98.1 cm³/mol. The van der Waals surface area contributed by atoms with E-state index >= 15 is 0 Å². The SMILES string of the molecule is C[C@H](NCCCN1CCN(c2ncccn2)CC1)c1cccc(F)c1. The van der Waals surface area contributed by atoms with Gasteiger partial charge in [0.2, 0.25) is 5.95 Å². The van der Waals surface area contributed by atoms with Gasteiger partial charge in [0.05, 0.1) is 0 Å². The standard InChI is InChI=1S/C19H26FN5/c1-16(17-5-2-6-18(20)15-17)21-9-4-10-24-11-13-25(14-12-24)19-22-7-3-8-23-19/h2-3,5-8,15-16,21H,4,9-14H2,1H3/t16-/m0/s1. The summed E-state index contributed by atoms with van der Waals surface area (Å²) in [6, 6.07) is 8.82. The van der Waals surface area contributed by atoms with E-state index in [1.165, 1.54) is 6.07 Å². The van der Waals surface area contributed by atoms with Crippen molar-refractivity contribution in [1.29, 1.82) is 0 Å². The topological polar surface area (TPSA) is 44.3 Å². The highest BCUT2D eigenvalue weighted by molar-refractivity contribution is 5.29. The molecule has 25 heavy (non-hydrogen) atoms. The van der Waals surface area contributed by atoms with Crippen LogP contribution in [-0.4, -0.2) is 54.1 Å². The Morgan fingerprint density at radius 1 is 1.12 bits per heavy atom. The molecular formula is C19H26FN5. The summed E-state index contributed by atoms with van der Waals surface area (Å²) >= 11 is 0. The molecule has 1 aliphatic heterocycles. The summed E-state index contributed by atoms with van der Waals surface area (Å²) in [6.07, 6.45) is 4.67. The quantitative estimate of drug-likeness (QED) is 0.783. The first-order valence-electron chi connectivity index (χ1n) is 8.95. The largest absolute Gasteiger partial charge is 0.338 e. The van der Waals surface area contributed by atoms with Crippen molar-refractivity contribution in [1.82, 2.24) is 20.2 Å². The van der Waals surface area contributed by atoms with Gasteiger partial charge in [-0.2, -0.15) is 0 Å². The number of nitrogens with zero attached hydrogens (tertiary/aromatic N) is 4. The molecule has 2 heterocycles. The lowest BCUT2D eigenvalue weighted by atomic mass is 10.1.